The zero-order chi connectivity index (χ0) is 11.6. The van der Waals surface area contributed by atoms with Gasteiger partial charge in [0.25, 0.3) is 0 Å². The molecular weight excluding hydrogens is 204 g/mol. The van der Waals surface area contributed by atoms with E-state index >= 15 is 0 Å². The van der Waals surface area contributed by atoms with Crippen LogP contribution in [0, 0.1) is 0 Å². The maximum absolute atomic E-state index is 8.54. The highest BCUT2D eigenvalue weighted by Gasteiger charge is 2.14. The predicted molar refractivity (Wildman–Crippen MR) is 65.6 cm³/mol. The summed E-state index contributed by atoms with van der Waals surface area (Å²) < 4.78 is 5.20. The van der Waals surface area contributed by atoms with E-state index in [1.54, 1.807) is 0 Å². The standard InChI is InChI=1S/C12H26N2O2/c1-11(13-6-8-16-9-7-15)10-12-4-2-3-5-14-12/h11-15H,2-10H2,1H3. The molecule has 1 aliphatic rings. The summed E-state index contributed by atoms with van der Waals surface area (Å²) in [5.41, 5.74) is 0. The molecule has 1 saturated heterocycles. The number of piperidine rings is 1. The average Bonchev–Trinajstić information content (AvgIpc) is 2.30. The summed E-state index contributed by atoms with van der Waals surface area (Å²) in [6, 6.07) is 1.22. The molecule has 1 rings (SSSR count). The Morgan fingerprint density at radius 3 is 3.00 bits per heavy atom. The molecule has 2 atom stereocenters. The van der Waals surface area contributed by atoms with Gasteiger partial charge in [-0.3, -0.25) is 0 Å². The molecule has 0 aromatic carbocycles. The van der Waals surface area contributed by atoms with Crippen molar-refractivity contribution in [3.63, 3.8) is 0 Å². The first-order chi connectivity index (χ1) is 7.83. The van der Waals surface area contributed by atoms with Crippen molar-refractivity contribution in [2.24, 2.45) is 0 Å². The third-order valence-corrected chi connectivity index (χ3v) is 3.03. The Morgan fingerprint density at radius 1 is 1.44 bits per heavy atom. The van der Waals surface area contributed by atoms with Crippen molar-refractivity contribution < 1.29 is 9.84 Å². The molecule has 0 aromatic heterocycles. The summed E-state index contributed by atoms with van der Waals surface area (Å²) in [6.45, 7) is 5.51. The smallest absolute Gasteiger partial charge is 0.0698 e. The van der Waals surface area contributed by atoms with Crippen LogP contribution in [0.25, 0.3) is 0 Å². The molecule has 4 heteroatoms. The molecule has 1 aliphatic heterocycles. The van der Waals surface area contributed by atoms with E-state index in [2.05, 4.69) is 17.6 Å². The van der Waals surface area contributed by atoms with Crippen LogP contribution in [-0.4, -0.2) is 50.1 Å². The second kappa shape index (κ2) is 8.93. The Hall–Kier alpha value is -0.160. The molecule has 2 unspecified atom stereocenters. The van der Waals surface area contributed by atoms with E-state index in [1.165, 1.54) is 32.2 Å². The van der Waals surface area contributed by atoms with Crippen molar-refractivity contribution in [3.8, 4) is 0 Å². The van der Waals surface area contributed by atoms with E-state index < -0.39 is 0 Å². The lowest BCUT2D eigenvalue weighted by Crippen LogP contribution is -2.40. The fourth-order valence-corrected chi connectivity index (χ4v) is 2.18. The summed E-state index contributed by atoms with van der Waals surface area (Å²) in [5.74, 6) is 0. The lowest BCUT2D eigenvalue weighted by atomic mass is 9.99. The van der Waals surface area contributed by atoms with Gasteiger partial charge in [-0.05, 0) is 32.7 Å². The number of nitrogens with one attached hydrogen (secondary N) is 2. The highest BCUT2D eigenvalue weighted by molar-refractivity contribution is 4.76. The van der Waals surface area contributed by atoms with Crippen molar-refractivity contribution >= 4 is 0 Å². The molecule has 0 radical (unpaired) electrons. The highest BCUT2D eigenvalue weighted by atomic mass is 16.5. The van der Waals surface area contributed by atoms with Crippen LogP contribution >= 0.6 is 0 Å². The first-order valence-corrected chi connectivity index (χ1v) is 6.48. The molecule has 96 valence electrons. The van der Waals surface area contributed by atoms with Crippen LogP contribution < -0.4 is 10.6 Å². The third-order valence-electron chi connectivity index (χ3n) is 3.03. The van der Waals surface area contributed by atoms with Gasteiger partial charge in [-0.15, -0.1) is 0 Å². The van der Waals surface area contributed by atoms with Crippen LogP contribution in [0.15, 0.2) is 0 Å². The van der Waals surface area contributed by atoms with Gasteiger partial charge >= 0.3 is 0 Å². The molecule has 0 saturated carbocycles. The second-order valence-electron chi connectivity index (χ2n) is 4.57. The molecular formula is C12H26N2O2. The summed E-state index contributed by atoms with van der Waals surface area (Å²) in [4.78, 5) is 0. The molecule has 1 heterocycles. The van der Waals surface area contributed by atoms with Crippen LogP contribution in [0.1, 0.15) is 32.6 Å². The van der Waals surface area contributed by atoms with Crippen LogP contribution in [0.5, 0.6) is 0 Å². The number of rotatable bonds is 8. The van der Waals surface area contributed by atoms with Crippen molar-refractivity contribution in [2.75, 3.05) is 32.9 Å². The van der Waals surface area contributed by atoms with E-state index in [9.17, 15) is 0 Å². The number of aliphatic hydroxyl groups is 1. The Balaban J connectivity index is 1.95. The van der Waals surface area contributed by atoms with Crippen molar-refractivity contribution in [3.05, 3.63) is 0 Å². The van der Waals surface area contributed by atoms with Crippen molar-refractivity contribution in [2.45, 2.75) is 44.7 Å². The topological polar surface area (TPSA) is 53.5 Å². The van der Waals surface area contributed by atoms with E-state index in [4.69, 9.17) is 9.84 Å². The number of aliphatic hydroxyl groups excluding tert-OH is 1. The monoisotopic (exact) mass is 230 g/mol. The van der Waals surface area contributed by atoms with E-state index in [1.807, 2.05) is 0 Å². The van der Waals surface area contributed by atoms with Gasteiger partial charge in [-0.2, -0.15) is 0 Å². The molecule has 0 aromatic rings. The highest BCUT2D eigenvalue weighted by Crippen LogP contribution is 2.11. The maximum Gasteiger partial charge on any atom is 0.0698 e. The Kier molecular flexibility index (Phi) is 7.76. The Labute approximate surface area is 98.8 Å². The third kappa shape index (κ3) is 6.43. The predicted octanol–water partition coefficient (Wildman–Crippen LogP) is 0.506. The molecule has 4 nitrogen and oxygen atoms in total. The zero-order valence-corrected chi connectivity index (χ0v) is 10.4. The zero-order valence-electron chi connectivity index (χ0n) is 10.4. The van der Waals surface area contributed by atoms with Crippen LogP contribution in [-0.2, 0) is 4.74 Å². The van der Waals surface area contributed by atoms with Gasteiger partial charge in [0.2, 0.25) is 0 Å². The van der Waals surface area contributed by atoms with Gasteiger partial charge < -0.3 is 20.5 Å². The number of ether oxygens (including phenoxy) is 1. The van der Waals surface area contributed by atoms with Crippen molar-refractivity contribution in [1.82, 2.24) is 10.6 Å². The van der Waals surface area contributed by atoms with E-state index in [0.717, 1.165) is 6.54 Å². The van der Waals surface area contributed by atoms with Crippen LogP contribution in [0.2, 0.25) is 0 Å². The lowest BCUT2D eigenvalue weighted by Gasteiger charge is -2.26. The minimum Gasteiger partial charge on any atom is -0.394 e. The quantitative estimate of drug-likeness (QED) is 0.532. The summed E-state index contributed by atoms with van der Waals surface area (Å²) in [6.07, 6.45) is 5.20. The molecule has 0 bridgehead atoms. The average molecular weight is 230 g/mol. The summed E-state index contributed by atoms with van der Waals surface area (Å²) >= 11 is 0. The number of hydrogen-bond donors (Lipinski definition) is 3. The van der Waals surface area contributed by atoms with Gasteiger partial charge in [-0.1, -0.05) is 6.42 Å². The Bertz CT molecular complexity index is 161. The van der Waals surface area contributed by atoms with Crippen LogP contribution in [0.4, 0.5) is 0 Å². The van der Waals surface area contributed by atoms with Gasteiger partial charge in [0.1, 0.15) is 0 Å². The molecule has 16 heavy (non-hydrogen) atoms. The molecule has 0 amide bonds. The van der Waals surface area contributed by atoms with Gasteiger partial charge in [0.15, 0.2) is 0 Å². The molecule has 1 fully saturated rings. The largest absolute Gasteiger partial charge is 0.394 e. The minimum absolute atomic E-state index is 0.113. The first kappa shape index (κ1) is 13.9. The summed E-state index contributed by atoms with van der Waals surface area (Å²) in [7, 11) is 0. The maximum atomic E-state index is 8.54. The molecule has 0 aliphatic carbocycles. The Morgan fingerprint density at radius 2 is 2.31 bits per heavy atom. The second-order valence-corrected chi connectivity index (χ2v) is 4.57. The lowest BCUT2D eigenvalue weighted by molar-refractivity contribution is 0.0924. The fraction of sp³-hybridized carbons (Fsp3) is 1.00. The minimum atomic E-state index is 0.113. The molecule has 0 spiro atoms. The fourth-order valence-electron chi connectivity index (χ4n) is 2.18. The van der Waals surface area contributed by atoms with Crippen LogP contribution in [0.3, 0.4) is 0 Å². The first-order valence-electron chi connectivity index (χ1n) is 6.48. The van der Waals surface area contributed by atoms with E-state index in [-0.39, 0.29) is 6.61 Å². The SMILES string of the molecule is CC(CC1CCCCN1)NCCOCCO. The summed E-state index contributed by atoms with van der Waals surface area (Å²) in [5, 5.41) is 15.5. The number of hydrogen-bond acceptors (Lipinski definition) is 4. The van der Waals surface area contributed by atoms with Gasteiger partial charge in [0, 0.05) is 18.6 Å². The van der Waals surface area contributed by atoms with Gasteiger partial charge in [0.05, 0.1) is 19.8 Å². The van der Waals surface area contributed by atoms with Gasteiger partial charge in [-0.25, -0.2) is 0 Å². The molecule has 3 N–H and O–H groups in total. The van der Waals surface area contributed by atoms with Crippen molar-refractivity contribution in [1.29, 1.82) is 0 Å². The van der Waals surface area contributed by atoms with E-state index in [0.29, 0.717) is 25.3 Å². The normalized spacial score (nSPS) is 23.2.